The molecule has 0 aliphatic rings. The predicted molar refractivity (Wildman–Crippen MR) is 78.2 cm³/mol. The van der Waals surface area contributed by atoms with Crippen LogP contribution in [0.3, 0.4) is 0 Å². The molecule has 0 spiro atoms. The van der Waals surface area contributed by atoms with Gasteiger partial charge in [-0.1, -0.05) is 39.7 Å². The largest absolute Gasteiger partial charge is 0.292 e. The molecule has 0 fully saturated rings. The fourth-order valence-corrected chi connectivity index (χ4v) is 2.69. The van der Waals surface area contributed by atoms with E-state index in [1.54, 1.807) is 18.2 Å². The zero-order valence-corrected chi connectivity index (χ0v) is 12.5. The first-order valence-electron chi connectivity index (χ1n) is 5.66. The fraction of sp³-hybridized carbons (Fsp3) is 0.0667. The molecular weight excluding hydrogens is 345 g/mol. The molecule has 0 saturated carbocycles. The van der Waals surface area contributed by atoms with E-state index in [-0.39, 0.29) is 0 Å². The lowest BCUT2D eigenvalue weighted by atomic mass is 9.92. The summed E-state index contributed by atoms with van der Waals surface area (Å²) in [5.74, 6) is -1.96. The molecule has 20 heavy (non-hydrogen) atoms. The Morgan fingerprint density at radius 2 is 2.05 bits per heavy atom. The van der Waals surface area contributed by atoms with E-state index in [2.05, 4.69) is 15.9 Å². The number of hydrogen-bond donors (Lipinski definition) is 0. The second kappa shape index (κ2) is 6.17. The van der Waals surface area contributed by atoms with Gasteiger partial charge in [0.1, 0.15) is 11.7 Å². The first kappa shape index (κ1) is 14.7. The van der Waals surface area contributed by atoms with Crippen molar-refractivity contribution in [1.29, 1.82) is 5.26 Å². The van der Waals surface area contributed by atoms with E-state index in [0.29, 0.717) is 20.6 Å². The van der Waals surface area contributed by atoms with Crippen molar-refractivity contribution in [3.05, 3.63) is 68.9 Å². The molecule has 2 rings (SSSR count). The molecule has 0 amide bonds. The summed E-state index contributed by atoms with van der Waals surface area (Å²) in [4.78, 5) is 12.4. The first-order valence-corrected chi connectivity index (χ1v) is 6.84. The van der Waals surface area contributed by atoms with E-state index < -0.39 is 17.5 Å². The molecule has 1 atom stereocenters. The number of halogens is 3. The fourth-order valence-electron chi connectivity index (χ4n) is 1.83. The Morgan fingerprint density at radius 3 is 2.65 bits per heavy atom. The number of hydrogen-bond acceptors (Lipinski definition) is 2. The summed E-state index contributed by atoms with van der Waals surface area (Å²) < 4.78 is 13.9. The molecule has 2 aromatic rings. The maximum absolute atomic E-state index is 13.2. The SMILES string of the molecule is N#CC(C(=O)c1cc(Cl)cc(Br)c1)c1cccc(F)c1. The van der Waals surface area contributed by atoms with Gasteiger partial charge in [-0.2, -0.15) is 5.26 Å². The summed E-state index contributed by atoms with van der Waals surface area (Å²) in [5, 5.41) is 9.59. The second-order valence-corrected chi connectivity index (χ2v) is 5.49. The molecule has 0 saturated heterocycles. The Morgan fingerprint density at radius 1 is 1.30 bits per heavy atom. The molecule has 0 bridgehead atoms. The Labute approximate surface area is 128 Å². The third kappa shape index (κ3) is 3.24. The second-order valence-electron chi connectivity index (χ2n) is 4.14. The molecule has 2 nitrogen and oxygen atoms in total. The molecule has 0 N–H and O–H groups in total. The van der Waals surface area contributed by atoms with Crippen LogP contribution in [0.2, 0.25) is 5.02 Å². The minimum Gasteiger partial charge on any atom is -0.292 e. The van der Waals surface area contributed by atoms with Crippen LogP contribution in [0, 0.1) is 17.1 Å². The summed E-state index contributed by atoms with van der Waals surface area (Å²) in [6.45, 7) is 0. The van der Waals surface area contributed by atoms with Crippen molar-refractivity contribution in [1.82, 2.24) is 0 Å². The number of carbonyl (C=O) groups is 1. The Hall–Kier alpha value is -1.70. The number of nitrogens with zero attached hydrogens (tertiary/aromatic N) is 1. The Balaban J connectivity index is 2.42. The number of ketones is 1. The van der Waals surface area contributed by atoms with Crippen molar-refractivity contribution in [2.24, 2.45) is 0 Å². The summed E-state index contributed by atoms with van der Waals surface area (Å²) in [5.41, 5.74) is 0.633. The summed E-state index contributed by atoms with van der Waals surface area (Å²) in [6, 6.07) is 12.1. The van der Waals surface area contributed by atoms with Crippen molar-refractivity contribution >= 4 is 33.3 Å². The molecule has 0 aliphatic heterocycles. The van der Waals surface area contributed by atoms with Gasteiger partial charge in [-0.05, 0) is 35.9 Å². The molecule has 2 aromatic carbocycles. The summed E-state index contributed by atoms with van der Waals surface area (Å²) >= 11 is 9.13. The van der Waals surface area contributed by atoms with Crippen LogP contribution < -0.4 is 0 Å². The predicted octanol–water partition coefficient (Wildman–Crippen LogP) is 4.73. The van der Waals surface area contributed by atoms with Crippen LogP contribution in [0.4, 0.5) is 4.39 Å². The molecule has 0 radical (unpaired) electrons. The molecule has 0 aliphatic carbocycles. The Bertz CT molecular complexity index is 691. The molecule has 0 heterocycles. The standard InChI is InChI=1S/C15H8BrClFNO/c16-11-4-10(5-12(17)7-11)15(20)14(8-19)9-2-1-3-13(18)6-9/h1-7,14H. The van der Waals surface area contributed by atoms with Crippen molar-refractivity contribution in [2.75, 3.05) is 0 Å². The molecule has 5 heteroatoms. The van der Waals surface area contributed by atoms with Gasteiger partial charge >= 0.3 is 0 Å². The highest BCUT2D eigenvalue weighted by atomic mass is 79.9. The van der Waals surface area contributed by atoms with Crippen LogP contribution in [0.25, 0.3) is 0 Å². The van der Waals surface area contributed by atoms with Gasteiger partial charge in [-0.3, -0.25) is 4.79 Å². The van der Waals surface area contributed by atoms with E-state index in [9.17, 15) is 14.4 Å². The van der Waals surface area contributed by atoms with Crippen molar-refractivity contribution in [2.45, 2.75) is 5.92 Å². The third-order valence-corrected chi connectivity index (χ3v) is 3.40. The highest BCUT2D eigenvalue weighted by Gasteiger charge is 2.22. The van der Waals surface area contributed by atoms with E-state index in [4.69, 9.17) is 11.6 Å². The number of rotatable bonds is 3. The van der Waals surface area contributed by atoms with Gasteiger partial charge in [0.25, 0.3) is 0 Å². The molecule has 1 unspecified atom stereocenters. The summed E-state index contributed by atoms with van der Waals surface area (Å²) in [7, 11) is 0. The van der Waals surface area contributed by atoms with E-state index in [1.807, 2.05) is 6.07 Å². The van der Waals surface area contributed by atoms with E-state index in [0.717, 1.165) is 0 Å². The Kier molecular flexibility index (Phi) is 4.53. The highest BCUT2D eigenvalue weighted by Crippen LogP contribution is 2.25. The molecular formula is C15H8BrClFNO. The quantitative estimate of drug-likeness (QED) is 0.749. The number of benzene rings is 2. The maximum Gasteiger partial charge on any atom is 0.184 e. The van der Waals surface area contributed by atoms with Crippen LogP contribution in [0.1, 0.15) is 21.8 Å². The van der Waals surface area contributed by atoms with Gasteiger partial charge in [0, 0.05) is 15.1 Å². The van der Waals surface area contributed by atoms with Gasteiger partial charge in [-0.15, -0.1) is 0 Å². The average molecular weight is 353 g/mol. The summed E-state index contributed by atoms with van der Waals surface area (Å²) in [6.07, 6.45) is 0. The zero-order chi connectivity index (χ0) is 14.7. The monoisotopic (exact) mass is 351 g/mol. The lowest BCUT2D eigenvalue weighted by Gasteiger charge is -2.09. The van der Waals surface area contributed by atoms with Crippen LogP contribution in [-0.2, 0) is 0 Å². The van der Waals surface area contributed by atoms with Crippen LogP contribution >= 0.6 is 27.5 Å². The smallest absolute Gasteiger partial charge is 0.184 e. The topological polar surface area (TPSA) is 40.9 Å². The minimum absolute atomic E-state index is 0.306. The molecule has 0 aromatic heterocycles. The van der Waals surface area contributed by atoms with Gasteiger partial charge < -0.3 is 0 Å². The first-order chi connectivity index (χ1) is 9.51. The zero-order valence-electron chi connectivity index (χ0n) is 10.1. The molecule has 100 valence electrons. The number of carbonyl (C=O) groups excluding carboxylic acids is 1. The maximum atomic E-state index is 13.2. The minimum atomic E-state index is -1.06. The van der Waals surface area contributed by atoms with Crippen molar-refractivity contribution in [3.63, 3.8) is 0 Å². The number of Topliss-reactive ketones (excluding diaryl/α,β-unsaturated/α-hetero) is 1. The van der Waals surface area contributed by atoms with Gasteiger partial charge in [0.15, 0.2) is 5.78 Å². The average Bonchev–Trinajstić information content (AvgIpc) is 2.38. The van der Waals surface area contributed by atoms with Crippen LogP contribution in [0.15, 0.2) is 46.9 Å². The van der Waals surface area contributed by atoms with E-state index in [1.165, 1.54) is 24.3 Å². The van der Waals surface area contributed by atoms with Crippen molar-refractivity contribution < 1.29 is 9.18 Å². The lowest BCUT2D eigenvalue weighted by molar-refractivity contribution is 0.0979. The van der Waals surface area contributed by atoms with Gasteiger partial charge in [-0.25, -0.2) is 4.39 Å². The van der Waals surface area contributed by atoms with E-state index >= 15 is 0 Å². The lowest BCUT2D eigenvalue weighted by Crippen LogP contribution is -2.11. The van der Waals surface area contributed by atoms with Gasteiger partial charge in [0.05, 0.1) is 6.07 Å². The van der Waals surface area contributed by atoms with Gasteiger partial charge in [0.2, 0.25) is 0 Å². The highest BCUT2D eigenvalue weighted by molar-refractivity contribution is 9.10. The van der Waals surface area contributed by atoms with Crippen molar-refractivity contribution in [3.8, 4) is 6.07 Å². The normalized spacial score (nSPS) is 11.7. The third-order valence-electron chi connectivity index (χ3n) is 2.72. The van der Waals surface area contributed by atoms with Crippen LogP contribution in [-0.4, -0.2) is 5.78 Å². The van der Waals surface area contributed by atoms with Crippen LogP contribution in [0.5, 0.6) is 0 Å². The number of nitriles is 1.